The molecule has 0 bridgehead atoms. The standard InChI is InChI=1S/C16H19BrN4OS/c1-2-4-13-12(17)11-14(23-13)15(22)20-7-9-21(10-8-20)16-18-5-3-6-19-16/h3,5-6,11H,2,4,7-10H2,1H3. The number of carbonyl (C=O) groups is 1. The number of halogens is 1. The Bertz CT molecular complexity index is 668. The summed E-state index contributed by atoms with van der Waals surface area (Å²) < 4.78 is 1.06. The van der Waals surface area contributed by atoms with E-state index in [1.165, 1.54) is 4.88 Å². The summed E-state index contributed by atoms with van der Waals surface area (Å²) >= 11 is 5.17. The first-order valence-electron chi connectivity index (χ1n) is 7.78. The zero-order valence-corrected chi connectivity index (χ0v) is 15.4. The van der Waals surface area contributed by atoms with E-state index >= 15 is 0 Å². The molecule has 0 N–H and O–H groups in total. The SMILES string of the molecule is CCCc1sc(C(=O)N2CCN(c3ncccn3)CC2)cc1Br. The second-order valence-electron chi connectivity index (χ2n) is 5.46. The van der Waals surface area contributed by atoms with Gasteiger partial charge in [-0.05, 0) is 34.5 Å². The van der Waals surface area contributed by atoms with Crippen molar-refractivity contribution in [1.29, 1.82) is 0 Å². The van der Waals surface area contributed by atoms with Crippen LogP contribution in [0.2, 0.25) is 0 Å². The van der Waals surface area contributed by atoms with Gasteiger partial charge in [-0.3, -0.25) is 4.79 Å². The van der Waals surface area contributed by atoms with Gasteiger partial charge in [-0.1, -0.05) is 13.3 Å². The Hall–Kier alpha value is -1.47. The predicted octanol–water partition coefficient (Wildman–Crippen LogP) is 3.22. The first-order chi connectivity index (χ1) is 11.2. The molecular formula is C16H19BrN4OS. The molecule has 2 aromatic heterocycles. The van der Waals surface area contributed by atoms with Gasteiger partial charge in [0.2, 0.25) is 5.95 Å². The van der Waals surface area contributed by atoms with Gasteiger partial charge in [-0.2, -0.15) is 0 Å². The van der Waals surface area contributed by atoms with Gasteiger partial charge in [-0.15, -0.1) is 11.3 Å². The highest BCUT2D eigenvalue weighted by molar-refractivity contribution is 9.10. The van der Waals surface area contributed by atoms with Crippen molar-refractivity contribution in [3.05, 3.63) is 38.8 Å². The molecule has 1 aliphatic heterocycles. The minimum absolute atomic E-state index is 0.131. The highest BCUT2D eigenvalue weighted by atomic mass is 79.9. The van der Waals surface area contributed by atoms with Gasteiger partial charge in [-0.25, -0.2) is 9.97 Å². The number of rotatable bonds is 4. The molecule has 0 radical (unpaired) electrons. The molecule has 122 valence electrons. The molecule has 23 heavy (non-hydrogen) atoms. The summed E-state index contributed by atoms with van der Waals surface area (Å²) in [4.78, 5) is 27.4. The van der Waals surface area contributed by atoms with Crippen LogP contribution in [0.25, 0.3) is 0 Å². The summed E-state index contributed by atoms with van der Waals surface area (Å²) in [5.41, 5.74) is 0. The second-order valence-corrected chi connectivity index (χ2v) is 7.45. The van der Waals surface area contributed by atoms with E-state index in [4.69, 9.17) is 0 Å². The van der Waals surface area contributed by atoms with Crippen LogP contribution in [0.15, 0.2) is 29.0 Å². The van der Waals surface area contributed by atoms with Crippen molar-refractivity contribution < 1.29 is 4.79 Å². The number of nitrogens with zero attached hydrogens (tertiary/aromatic N) is 4. The number of carbonyl (C=O) groups excluding carboxylic acids is 1. The van der Waals surface area contributed by atoms with E-state index in [9.17, 15) is 4.79 Å². The summed E-state index contributed by atoms with van der Waals surface area (Å²) in [6, 6.07) is 3.77. The van der Waals surface area contributed by atoms with Crippen molar-refractivity contribution in [2.24, 2.45) is 0 Å². The fourth-order valence-electron chi connectivity index (χ4n) is 2.63. The van der Waals surface area contributed by atoms with Gasteiger partial charge in [0.1, 0.15) is 0 Å². The smallest absolute Gasteiger partial charge is 0.264 e. The maximum absolute atomic E-state index is 12.7. The van der Waals surface area contributed by atoms with E-state index in [1.807, 2.05) is 17.0 Å². The fourth-order valence-corrected chi connectivity index (χ4v) is 4.57. The van der Waals surface area contributed by atoms with E-state index in [-0.39, 0.29) is 5.91 Å². The Kier molecular flexibility index (Phi) is 5.27. The largest absolute Gasteiger partial charge is 0.337 e. The second kappa shape index (κ2) is 7.40. The highest BCUT2D eigenvalue weighted by Gasteiger charge is 2.25. The number of hydrogen-bond acceptors (Lipinski definition) is 5. The summed E-state index contributed by atoms with van der Waals surface area (Å²) in [6.45, 7) is 5.10. The van der Waals surface area contributed by atoms with Crippen LogP contribution < -0.4 is 4.90 Å². The molecule has 0 aromatic carbocycles. The average Bonchev–Trinajstić information content (AvgIpc) is 2.96. The van der Waals surface area contributed by atoms with Crippen LogP contribution in [-0.4, -0.2) is 47.0 Å². The number of amides is 1. The number of thiophene rings is 1. The molecule has 1 saturated heterocycles. The lowest BCUT2D eigenvalue weighted by Crippen LogP contribution is -2.49. The van der Waals surface area contributed by atoms with Crippen molar-refractivity contribution in [2.45, 2.75) is 19.8 Å². The number of aryl methyl sites for hydroxylation is 1. The third-order valence-corrected chi connectivity index (χ3v) is 6.00. The molecule has 2 aromatic rings. The van der Waals surface area contributed by atoms with E-state index in [0.717, 1.165) is 41.2 Å². The maximum Gasteiger partial charge on any atom is 0.264 e. The van der Waals surface area contributed by atoms with Crippen LogP contribution in [0.5, 0.6) is 0 Å². The summed E-state index contributed by atoms with van der Waals surface area (Å²) in [5.74, 6) is 0.871. The van der Waals surface area contributed by atoms with Crippen molar-refractivity contribution in [2.75, 3.05) is 31.1 Å². The van der Waals surface area contributed by atoms with Crippen LogP contribution in [0.1, 0.15) is 27.9 Å². The lowest BCUT2D eigenvalue weighted by atomic mass is 10.2. The molecule has 1 fully saturated rings. The Balaban J connectivity index is 1.63. The molecule has 3 rings (SSSR count). The minimum Gasteiger partial charge on any atom is -0.337 e. The van der Waals surface area contributed by atoms with Gasteiger partial charge in [0.15, 0.2) is 0 Å². The van der Waals surface area contributed by atoms with Gasteiger partial charge < -0.3 is 9.80 Å². The highest BCUT2D eigenvalue weighted by Crippen LogP contribution is 2.29. The van der Waals surface area contributed by atoms with Crippen LogP contribution in [-0.2, 0) is 6.42 Å². The van der Waals surface area contributed by atoms with Crippen LogP contribution in [0.4, 0.5) is 5.95 Å². The lowest BCUT2D eigenvalue weighted by Gasteiger charge is -2.34. The molecule has 0 unspecified atom stereocenters. The Labute approximate surface area is 148 Å². The zero-order valence-electron chi connectivity index (χ0n) is 13.0. The molecule has 7 heteroatoms. The molecule has 0 atom stereocenters. The minimum atomic E-state index is 0.131. The average molecular weight is 395 g/mol. The molecule has 3 heterocycles. The topological polar surface area (TPSA) is 49.3 Å². The summed E-state index contributed by atoms with van der Waals surface area (Å²) in [5, 5.41) is 0. The molecule has 0 spiro atoms. The van der Waals surface area contributed by atoms with E-state index in [0.29, 0.717) is 13.1 Å². The molecule has 0 saturated carbocycles. The normalized spacial score (nSPS) is 15.0. The summed E-state index contributed by atoms with van der Waals surface area (Å²) in [7, 11) is 0. The van der Waals surface area contributed by atoms with Crippen molar-refractivity contribution in [3.63, 3.8) is 0 Å². The van der Waals surface area contributed by atoms with E-state index in [2.05, 4.69) is 37.7 Å². The summed E-state index contributed by atoms with van der Waals surface area (Å²) in [6.07, 6.45) is 5.59. The van der Waals surface area contributed by atoms with Crippen molar-refractivity contribution >= 4 is 39.1 Å². The molecule has 5 nitrogen and oxygen atoms in total. The first kappa shape index (κ1) is 16.4. The van der Waals surface area contributed by atoms with Gasteiger partial charge >= 0.3 is 0 Å². The molecular weight excluding hydrogens is 376 g/mol. The van der Waals surface area contributed by atoms with Crippen molar-refractivity contribution in [1.82, 2.24) is 14.9 Å². The zero-order chi connectivity index (χ0) is 16.2. The van der Waals surface area contributed by atoms with E-state index in [1.54, 1.807) is 23.7 Å². The van der Waals surface area contributed by atoms with Gasteiger partial charge in [0.05, 0.1) is 4.88 Å². The fraction of sp³-hybridized carbons (Fsp3) is 0.438. The third kappa shape index (κ3) is 3.72. The monoisotopic (exact) mass is 394 g/mol. The van der Waals surface area contributed by atoms with Crippen LogP contribution in [0.3, 0.4) is 0 Å². The Morgan fingerprint density at radius 2 is 1.96 bits per heavy atom. The number of aromatic nitrogens is 2. The van der Waals surface area contributed by atoms with Gasteiger partial charge in [0, 0.05) is 47.9 Å². The first-order valence-corrected chi connectivity index (χ1v) is 9.39. The van der Waals surface area contributed by atoms with Crippen LogP contribution >= 0.6 is 27.3 Å². The number of anilines is 1. The number of piperazine rings is 1. The van der Waals surface area contributed by atoms with Crippen LogP contribution in [0, 0.1) is 0 Å². The lowest BCUT2D eigenvalue weighted by molar-refractivity contribution is 0.0751. The van der Waals surface area contributed by atoms with E-state index < -0.39 is 0 Å². The third-order valence-electron chi connectivity index (χ3n) is 3.85. The molecule has 1 aliphatic rings. The number of hydrogen-bond donors (Lipinski definition) is 0. The maximum atomic E-state index is 12.7. The Morgan fingerprint density at radius 1 is 1.26 bits per heavy atom. The quantitative estimate of drug-likeness (QED) is 0.798. The molecule has 1 amide bonds. The Morgan fingerprint density at radius 3 is 2.61 bits per heavy atom. The van der Waals surface area contributed by atoms with Crippen molar-refractivity contribution in [3.8, 4) is 0 Å². The predicted molar refractivity (Wildman–Crippen MR) is 96.2 cm³/mol. The molecule has 0 aliphatic carbocycles. The van der Waals surface area contributed by atoms with Gasteiger partial charge in [0.25, 0.3) is 5.91 Å².